The smallest absolute Gasteiger partial charge is 0.0579 e. The summed E-state index contributed by atoms with van der Waals surface area (Å²) in [5.74, 6) is 0.554. The molecule has 0 unspecified atom stereocenters. The Morgan fingerprint density at radius 3 is 2.50 bits per heavy atom. The maximum Gasteiger partial charge on any atom is 0.0579 e. The molecule has 3 N–H and O–H groups in total. The summed E-state index contributed by atoms with van der Waals surface area (Å²) in [6.45, 7) is 9.48. The van der Waals surface area contributed by atoms with Crippen LogP contribution in [0.3, 0.4) is 0 Å². The molecular formula is C18H24N2. The fourth-order valence-electron chi connectivity index (χ4n) is 2.25. The Morgan fingerprint density at radius 1 is 1.05 bits per heavy atom. The van der Waals surface area contributed by atoms with Crippen molar-refractivity contribution in [2.24, 2.45) is 0 Å². The van der Waals surface area contributed by atoms with Gasteiger partial charge in [-0.3, -0.25) is 0 Å². The van der Waals surface area contributed by atoms with Gasteiger partial charge in [-0.2, -0.15) is 0 Å². The number of nitrogen functional groups attached to an aromatic ring is 1. The van der Waals surface area contributed by atoms with Crippen molar-refractivity contribution in [1.82, 2.24) is 0 Å². The summed E-state index contributed by atoms with van der Waals surface area (Å²) < 4.78 is 0. The molecule has 0 saturated carbocycles. The van der Waals surface area contributed by atoms with Gasteiger partial charge < -0.3 is 11.1 Å². The Kier molecular flexibility index (Phi) is 4.33. The minimum absolute atomic E-state index is 0.554. The van der Waals surface area contributed by atoms with Gasteiger partial charge in [-0.25, -0.2) is 0 Å². The topological polar surface area (TPSA) is 38.0 Å². The molecule has 0 atom stereocenters. The molecular weight excluding hydrogens is 244 g/mol. The van der Waals surface area contributed by atoms with E-state index in [2.05, 4.69) is 57.3 Å². The van der Waals surface area contributed by atoms with Crippen LogP contribution in [-0.2, 0) is 6.54 Å². The third-order valence-corrected chi connectivity index (χ3v) is 3.72. The van der Waals surface area contributed by atoms with Crippen molar-refractivity contribution in [1.29, 1.82) is 0 Å². The van der Waals surface area contributed by atoms with Gasteiger partial charge in [0.25, 0.3) is 0 Å². The zero-order chi connectivity index (χ0) is 14.7. The molecule has 2 aromatic carbocycles. The monoisotopic (exact) mass is 268 g/mol. The lowest BCUT2D eigenvalue weighted by Crippen LogP contribution is -2.05. The van der Waals surface area contributed by atoms with E-state index in [9.17, 15) is 0 Å². The number of aryl methyl sites for hydroxylation is 2. The largest absolute Gasteiger partial charge is 0.397 e. The number of benzene rings is 2. The second kappa shape index (κ2) is 6.00. The van der Waals surface area contributed by atoms with Gasteiger partial charge in [-0.1, -0.05) is 38.1 Å². The van der Waals surface area contributed by atoms with Crippen LogP contribution in [0.15, 0.2) is 36.4 Å². The molecule has 2 rings (SSSR count). The van der Waals surface area contributed by atoms with E-state index in [1.807, 2.05) is 12.1 Å². The first-order valence-electron chi connectivity index (χ1n) is 7.17. The Labute approximate surface area is 122 Å². The average molecular weight is 268 g/mol. The average Bonchev–Trinajstić information content (AvgIpc) is 2.41. The lowest BCUT2D eigenvalue weighted by molar-refractivity contribution is 0.861. The minimum Gasteiger partial charge on any atom is -0.397 e. The number of nitrogens with two attached hydrogens (primary N) is 1. The van der Waals surface area contributed by atoms with Crippen molar-refractivity contribution in [3.63, 3.8) is 0 Å². The highest BCUT2D eigenvalue weighted by Crippen LogP contribution is 2.23. The Bertz CT molecular complexity index is 600. The summed E-state index contributed by atoms with van der Waals surface area (Å²) in [5.41, 5.74) is 13.1. The highest BCUT2D eigenvalue weighted by atomic mass is 14.9. The van der Waals surface area contributed by atoms with Crippen LogP contribution in [0.5, 0.6) is 0 Å². The molecule has 0 aliphatic carbocycles. The quantitative estimate of drug-likeness (QED) is 0.794. The predicted octanol–water partition coefficient (Wildman–Crippen LogP) is 4.62. The Morgan fingerprint density at radius 2 is 1.80 bits per heavy atom. The molecule has 2 nitrogen and oxygen atoms in total. The molecule has 20 heavy (non-hydrogen) atoms. The van der Waals surface area contributed by atoms with Crippen molar-refractivity contribution in [2.45, 2.75) is 40.2 Å². The lowest BCUT2D eigenvalue weighted by Gasteiger charge is -2.14. The first-order valence-corrected chi connectivity index (χ1v) is 7.17. The SMILES string of the molecule is Cc1ccc(N)c(NCc2cc(C(C)C)ccc2C)c1. The summed E-state index contributed by atoms with van der Waals surface area (Å²) in [7, 11) is 0. The van der Waals surface area contributed by atoms with Gasteiger partial charge >= 0.3 is 0 Å². The van der Waals surface area contributed by atoms with Crippen LogP contribution in [0.25, 0.3) is 0 Å². The van der Waals surface area contributed by atoms with Crippen LogP contribution in [0.2, 0.25) is 0 Å². The molecule has 0 amide bonds. The van der Waals surface area contributed by atoms with Gasteiger partial charge in [-0.15, -0.1) is 0 Å². The molecule has 0 heterocycles. The van der Waals surface area contributed by atoms with Crippen molar-refractivity contribution < 1.29 is 0 Å². The van der Waals surface area contributed by atoms with Gasteiger partial charge in [-0.05, 0) is 54.2 Å². The highest BCUT2D eigenvalue weighted by Gasteiger charge is 2.05. The van der Waals surface area contributed by atoms with E-state index < -0.39 is 0 Å². The van der Waals surface area contributed by atoms with E-state index in [0.717, 1.165) is 17.9 Å². The molecule has 0 radical (unpaired) electrons. The first kappa shape index (κ1) is 14.4. The van der Waals surface area contributed by atoms with Gasteiger partial charge in [0, 0.05) is 6.54 Å². The highest BCUT2D eigenvalue weighted by molar-refractivity contribution is 5.67. The summed E-state index contributed by atoms with van der Waals surface area (Å²) in [6, 6.07) is 12.8. The summed E-state index contributed by atoms with van der Waals surface area (Å²) in [4.78, 5) is 0. The molecule has 0 bridgehead atoms. The summed E-state index contributed by atoms with van der Waals surface area (Å²) >= 11 is 0. The number of rotatable bonds is 4. The molecule has 2 heteroatoms. The molecule has 0 saturated heterocycles. The molecule has 106 valence electrons. The maximum atomic E-state index is 6.01. The molecule has 0 aliphatic heterocycles. The summed E-state index contributed by atoms with van der Waals surface area (Å²) in [6.07, 6.45) is 0. The van der Waals surface area contributed by atoms with Gasteiger partial charge in [0.2, 0.25) is 0 Å². The van der Waals surface area contributed by atoms with E-state index >= 15 is 0 Å². The first-order chi connectivity index (χ1) is 9.47. The second-order valence-corrected chi connectivity index (χ2v) is 5.78. The fourth-order valence-corrected chi connectivity index (χ4v) is 2.25. The second-order valence-electron chi connectivity index (χ2n) is 5.78. The van der Waals surface area contributed by atoms with Crippen molar-refractivity contribution in [2.75, 3.05) is 11.1 Å². The van der Waals surface area contributed by atoms with Crippen molar-refractivity contribution in [3.8, 4) is 0 Å². The third kappa shape index (κ3) is 3.32. The molecule has 0 spiro atoms. The van der Waals surface area contributed by atoms with Crippen molar-refractivity contribution in [3.05, 3.63) is 58.7 Å². The Balaban J connectivity index is 2.18. The van der Waals surface area contributed by atoms with Crippen LogP contribution in [0.4, 0.5) is 11.4 Å². The number of anilines is 2. The molecule has 2 aromatic rings. The van der Waals surface area contributed by atoms with Gasteiger partial charge in [0.05, 0.1) is 11.4 Å². The van der Waals surface area contributed by atoms with E-state index in [1.54, 1.807) is 0 Å². The zero-order valence-electron chi connectivity index (χ0n) is 12.8. The Hall–Kier alpha value is -1.96. The zero-order valence-corrected chi connectivity index (χ0v) is 12.8. The van der Waals surface area contributed by atoms with Crippen molar-refractivity contribution >= 4 is 11.4 Å². The number of hydrogen-bond donors (Lipinski definition) is 2. The lowest BCUT2D eigenvalue weighted by atomic mass is 9.98. The van der Waals surface area contributed by atoms with E-state index in [1.165, 1.54) is 22.3 Å². The van der Waals surface area contributed by atoms with Crippen LogP contribution >= 0.6 is 0 Å². The minimum atomic E-state index is 0.554. The van der Waals surface area contributed by atoms with Crippen LogP contribution in [0.1, 0.15) is 42.0 Å². The van der Waals surface area contributed by atoms with E-state index in [4.69, 9.17) is 5.73 Å². The normalized spacial score (nSPS) is 10.8. The van der Waals surface area contributed by atoms with E-state index in [0.29, 0.717) is 5.92 Å². The van der Waals surface area contributed by atoms with Gasteiger partial charge in [0.15, 0.2) is 0 Å². The van der Waals surface area contributed by atoms with Crippen LogP contribution in [-0.4, -0.2) is 0 Å². The summed E-state index contributed by atoms with van der Waals surface area (Å²) in [5, 5.41) is 3.45. The van der Waals surface area contributed by atoms with E-state index in [-0.39, 0.29) is 0 Å². The third-order valence-electron chi connectivity index (χ3n) is 3.72. The molecule has 0 fully saturated rings. The fraction of sp³-hybridized carbons (Fsp3) is 0.333. The number of hydrogen-bond acceptors (Lipinski definition) is 2. The molecule has 0 aromatic heterocycles. The maximum absolute atomic E-state index is 6.01. The van der Waals surface area contributed by atoms with Gasteiger partial charge in [0.1, 0.15) is 0 Å². The van der Waals surface area contributed by atoms with Crippen LogP contribution < -0.4 is 11.1 Å². The van der Waals surface area contributed by atoms with Crippen LogP contribution in [0, 0.1) is 13.8 Å². The predicted molar refractivity (Wildman–Crippen MR) is 88.2 cm³/mol. The number of nitrogens with one attached hydrogen (secondary N) is 1. The molecule has 0 aliphatic rings. The standard InChI is InChI=1S/C18H24N2/c1-12(2)15-7-6-14(4)16(10-15)11-20-18-9-13(3)5-8-17(18)19/h5-10,12,20H,11,19H2,1-4H3.